The van der Waals surface area contributed by atoms with Crippen molar-refractivity contribution in [2.45, 2.75) is 88.5 Å². The minimum atomic E-state index is -1.27. The first-order valence-electron chi connectivity index (χ1n) is 20.0. The molecule has 0 amide bonds. The van der Waals surface area contributed by atoms with Crippen molar-refractivity contribution in [3.05, 3.63) is 54.5 Å². The Morgan fingerprint density at radius 2 is 1.84 bits per heavy atom. The van der Waals surface area contributed by atoms with Crippen LogP contribution in [0.2, 0.25) is 0 Å². The summed E-state index contributed by atoms with van der Waals surface area (Å²) >= 11 is 0. The normalized spacial score (nSPS) is 27.2. The number of aliphatic hydroxyl groups is 1. The molecule has 5 aliphatic rings. The maximum atomic E-state index is 17.4. The largest absolute Gasteiger partial charge is 0.480 e. The number of anilines is 1. The number of benzene rings is 2. The fraction of sp³-hybridized carbons (Fsp3) is 0.545. The first-order chi connectivity index (χ1) is 27.0. The molecule has 10 nitrogen and oxygen atoms in total. The van der Waals surface area contributed by atoms with Gasteiger partial charge in [-0.05, 0) is 82.4 Å². The molecule has 3 saturated heterocycles. The number of pyridine rings is 1. The molecule has 5 heterocycles. The van der Waals surface area contributed by atoms with Crippen molar-refractivity contribution in [3.8, 4) is 35.5 Å². The van der Waals surface area contributed by atoms with E-state index in [-0.39, 0.29) is 113 Å². The number of hydrogen-bond donors (Lipinski definition) is 1. The number of rotatable bonds is 7. The average molecular weight is 958 g/mol. The van der Waals surface area contributed by atoms with E-state index in [0.717, 1.165) is 64.7 Å². The monoisotopic (exact) mass is 961 g/mol. The first kappa shape index (κ1) is 43.3. The topological polar surface area (TPSA) is 102 Å². The van der Waals surface area contributed by atoms with Gasteiger partial charge in [0.2, 0.25) is 5.88 Å². The summed E-state index contributed by atoms with van der Waals surface area (Å²) in [5.41, 5.74) is -0.905. The summed E-state index contributed by atoms with van der Waals surface area (Å²) in [4.78, 5) is 19.0. The summed E-state index contributed by atoms with van der Waals surface area (Å²) in [7, 11) is 1.44. The number of β-amino-alcohol motifs (C(OH)–C–C–N with tert-alkyl or cyclic N) is 1. The fourth-order valence-electron chi connectivity index (χ4n) is 10.6. The van der Waals surface area contributed by atoms with Crippen LogP contribution in [0.3, 0.4) is 0 Å². The van der Waals surface area contributed by atoms with E-state index in [1.165, 1.54) is 32.1 Å². The van der Waals surface area contributed by atoms with Gasteiger partial charge in [-0.25, -0.2) is 13.8 Å². The first-order valence-corrected chi connectivity index (χ1v) is 20.0. The van der Waals surface area contributed by atoms with Gasteiger partial charge in [0.1, 0.15) is 28.1 Å². The molecule has 0 bridgehead atoms. The molecule has 2 saturated carbocycles. The van der Waals surface area contributed by atoms with Gasteiger partial charge in [-0.1, -0.05) is 17.9 Å². The van der Waals surface area contributed by atoms with Crippen LogP contribution >= 0.6 is 0 Å². The summed E-state index contributed by atoms with van der Waals surface area (Å²) in [6.45, 7) is 9.44. The van der Waals surface area contributed by atoms with Crippen LogP contribution in [0.25, 0.3) is 32.9 Å². The number of hydrogen-bond acceptors (Lipinski definition) is 10. The molecule has 14 heteroatoms. The fourth-order valence-corrected chi connectivity index (χ4v) is 10.6. The van der Waals surface area contributed by atoms with Crippen LogP contribution in [-0.2, 0) is 51.6 Å². The summed E-state index contributed by atoms with van der Waals surface area (Å²) < 4.78 is 56.5. The molecule has 4 atom stereocenters. The summed E-state index contributed by atoms with van der Waals surface area (Å²) in [6, 6.07) is 10.1. The third-order valence-electron chi connectivity index (χ3n) is 13.3. The van der Waals surface area contributed by atoms with Gasteiger partial charge in [0.25, 0.3) is 0 Å². The van der Waals surface area contributed by atoms with E-state index in [1.54, 1.807) is 19.1 Å². The molecule has 5 fully saturated rings. The Labute approximate surface area is 367 Å². The Bertz CT molecular complexity index is 2210. The Morgan fingerprint density at radius 1 is 1.07 bits per heavy atom. The Balaban J connectivity index is 0.00000256. The smallest absolute Gasteiger partial charge is 0.319 e. The molecule has 2 aliphatic carbocycles. The van der Waals surface area contributed by atoms with Crippen LogP contribution in [0.1, 0.15) is 70.3 Å². The van der Waals surface area contributed by atoms with Gasteiger partial charge in [0.15, 0.2) is 5.82 Å². The van der Waals surface area contributed by atoms with Gasteiger partial charge in [0, 0.05) is 85.0 Å². The molecule has 3 aliphatic heterocycles. The molecule has 9 rings (SSSR count). The van der Waals surface area contributed by atoms with E-state index in [2.05, 4.69) is 28.8 Å². The number of likely N-dealkylation sites (tertiary alicyclic amines) is 1. The van der Waals surface area contributed by atoms with Crippen molar-refractivity contribution in [2.24, 2.45) is 10.8 Å². The second kappa shape index (κ2) is 16.9. The quantitative estimate of drug-likeness (QED) is 0.123. The van der Waals surface area contributed by atoms with Crippen molar-refractivity contribution < 1.29 is 75.0 Å². The summed E-state index contributed by atoms with van der Waals surface area (Å²) in [6.07, 6.45) is 15.5. The average Bonchev–Trinajstić information content (AvgIpc) is 3.57. The molecule has 58 heavy (non-hydrogen) atoms. The van der Waals surface area contributed by atoms with Gasteiger partial charge < -0.3 is 35.9 Å². The van der Waals surface area contributed by atoms with Crippen LogP contribution in [0.5, 0.6) is 11.9 Å². The van der Waals surface area contributed by atoms with Crippen LogP contribution < -0.4 is 14.4 Å². The number of nitrogens with zero attached hydrogens (tertiary/aromatic N) is 5. The van der Waals surface area contributed by atoms with E-state index in [9.17, 15) is 5.11 Å². The van der Waals surface area contributed by atoms with Gasteiger partial charge in [-0.3, -0.25) is 4.90 Å². The summed E-state index contributed by atoms with van der Waals surface area (Å²) in [5, 5.41) is 12.4. The third kappa shape index (κ3) is 7.71. The molecule has 2 aromatic carbocycles. The van der Waals surface area contributed by atoms with Crippen LogP contribution in [0.15, 0.2) is 24.3 Å². The second-order valence-corrected chi connectivity index (χ2v) is 17.1. The molecule has 0 radical (unpaired) electrons. The number of ether oxygens (including phenoxy) is 4. The van der Waals surface area contributed by atoms with E-state index < -0.39 is 23.3 Å². The number of halogens is 2. The van der Waals surface area contributed by atoms with Gasteiger partial charge in [-0.15, -0.1) is 23.3 Å². The Morgan fingerprint density at radius 3 is 2.60 bits per heavy atom. The molecule has 1 N–H and O–H groups in total. The number of aromatic nitrogens is 3. The molecule has 2 unspecified atom stereocenters. The molecule has 2 aromatic heterocycles. The number of fused-ring (bicyclic) bond motifs is 3. The van der Waals surface area contributed by atoms with E-state index in [1.807, 2.05) is 4.90 Å². The molecular formula is C44H49F2Mo2N5O5-2. The summed E-state index contributed by atoms with van der Waals surface area (Å²) in [5.74, 6) is 1.37. The third-order valence-corrected chi connectivity index (χ3v) is 13.3. The zero-order chi connectivity index (χ0) is 38.8. The maximum absolute atomic E-state index is 17.4. The minimum Gasteiger partial charge on any atom is -0.480 e. The van der Waals surface area contributed by atoms with E-state index in [0.29, 0.717) is 34.9 Å². The second-order valence-electron chi connectivity index (χ2n) is 17.1. The Kier molecular flexibility index (Phi) is 12.7. The van der Waals surface area contributed by atoms with Gasteiger partial charge in [0.05, 0.1) is 32.6 Å². The SMILES string of the molecule is C#Cc1c(F)ccc2c[c-]cc(-c3nc(OC)c4c(N5C[C@H]([CH2-])OC[C@@](C)(O)C5)nc(OCC56CCCC5N(C5CC7(CCOCC7)C5)CCC6)nc4c3F)c12.[Mo].[Mo]. The predicted molar refractivity (Wildman–Crippen MR) is 208 cm³/mol. The van der Waals surface area contributed by atoms with Gasteiger partial charge >= 0.3 is 6.01 Å². The van der Waals surface area contributed by atoms with Crippen molar-refractivity contribution in [2.75, 3.05) is 58.1 Å². The van der Waals surface area contributed by atoms with Crippen molar-refractivity contribution in [1.29, 1.82) is 0 Å². The van der Waals surface area contributed by atoms with Crippen molar-refractivity contribution in [3.63, 3.8) is 0 Å². The Hall–Kier alpha value is -2.77. The number of methoxy groups -OCH3 is 1. The maximum Gasteiger partial charge on any atom is 0.319 e. The zero-order valence-corrected chi connectivity index (χ0v) is 37.0. The minimum absolute atomic E-state index is 0. The predicted octanol–water partition coefficient (Wildman–Crippen LogP) is 6.67. The molecule has 4 aromatic rings. The van der Waals surface area contributed by atoms with Crippen molar-refractivity contribution in [1.82, 2.24) is 19.9 Å². The van der Waals surface area contributed by atoms with E-state index in [4.69, 9.17) is 35.3 Å². The molecular weight excluding hydrogens is 908 g/mol. The number of terminal acetylenes is 1. The van der Waals surface area contributed by atoms with Crippen LogP contribution in [0, 0.1) is 47.8 Å². The van der Waals surface area contributed by atoms with Crippen LogP contribution in [-0.4, -0.2) is 102 Å². The van der Waals surface area contributed by atoms with Gasteiger partial charge in [-0.2, -0.15) is 28.2 Å². The van der Waals surface area contributed by atoms with Crippen molar-refractivity contribution >= 4 is 27.5 Å². The van der Waals surface area contributed by atoms with Crippen LogP contribution in [0.4, 0.5) is 14.6 Å². The molecule has 308 valence electrons. The standard InChI is InChI=1S/C44H49F2N5O5.2Mo/c1-5-30-32(45)13-12-28-9-6-10-31(34(28)30)37-36(46)38-35(40(47-37)53-4)39(50-23-27(2)55-25-42(3,52)24-50)49-41(48-38)56-26-44-14-7-11-33(44)51(18-8-15-44)29-21-43(22-29)16-19-54-20-17-43;;/h1,9-10,12-13,27,29,33,52H,2,7-8,11,14-26H2,3-4H3;;/q-2;;/t27-,33?,42-,44?;;/m0../s1. The number of piperidine rings is 1. The zero-order valence-electron chi connectivity index (χ0n) is 33.0. The molecule has 1 spiro atoms. The van der Waals surface area contributed by atoms with E-state index >= 15 is 8.78 Å².